The van der Waals surface area contributed by atoms with Crippen LogP contribution in [0.4, 0.5) is 0 Å². The Bertz CT molecular complexity index is 181. The van der Waals surface area contributed by atoms with Crippen molar-refractivity contribution in [2.24, 2.45) is 5.73 Å². The third-order valence-corrected chi connectivity index (χ3v) is 1.07. The van der Waals surface area contributed by atoms with Crippen LogP contribution in [0.5, 0.6) is 0 Å². The quantitative estimate of drug-likeness (QED) is 0.529. The van der Waals surface area contributed by atoms with Gasteiger partial charge in [-0.15, -0.1) is 0 Å². The first-order valence-corrected chi connectivity index (χ1v) is 4.69. The molecular formula is C7H14NO4S-. The molecule has 0 aromatic carbocycles. The van der Waals surface area contributed by atoms with Crippen molar-refractivity contribution >= 4 is 17.3 Å². The molecule has 0 aliphatic heterocycles. The van der Waals surface area contributed by atoms with Gasteiger partial charge >= 0.3 is 0 Å². The predicted octanol–water partition coefficient (Wildman–Crippen LogP) is 0.255. The van der Waals surface area contributed by atoms with Crippen LogP contribution in [0.15, 0.2) is 12.2 Å². The number of hydrogen-bond acceptors (Lipinski definition) is 4. The van der Waals surface area contributed by atoms with E-state index in [0.717, 1.165) is 6.42 Å². The Morgan fingerprint density at radius 1 is 1.69 bits per heavy atom. The van der Waals surface area contributed by atoms with E-state index in [4.69, 9.17) is 0 Å². The largest absolute Gasteiger partial charge is 0.750 e. The van der Waals surface area contributed by atoms with E-state index in [1.807, 2.05) is 6.92 Å². The van der Waals surface area contributed by atoms with E-state index in [9.17, 15) is 13.6 Å². The summed E-state index contributed by atoms with van der Waals surface area (Å²) in [6, 6.07) is 0. The average molecular weight is 208 g/mol. The molecule has 0 aromatic heterocycles. The zero-order chi connectivity index (χ0) is 10.7. The molecule has 13 heavy (non-hydrogen) atoms. The minimum Gasteiger partial charge on any atom is -0.750 e. The van der Waals surface area contributed by atoms with Crippen LogP contribution >= 0.6 is 0 Å². The van der Waals surface area contributed by atoms with Gasteiger partial charge in [0.25, 0.3) is 0 Å². The molecule has 1 atom stereocenters. The minimum atomic E-state index is -2.32. The molecule has 78 valence electrons. The monoisotopic (exact) mass is 208 g/mol. The molecule has 6 heteroatoms. The van der Waals surface area contributed by atoms with Gasteiger partial charge in [-0.3, -0.25) is 4.79 Å². The third-order valence-electron chi connectivity index (χ3n) is 0.715. The summed E-state index contributed by atoms with van der Waals surface area (Å²) in [5.74, 6) is -0.391. The Morgan fingerprint density at radius 2 is 2.23 bits per heavy atom. The van der Waals surface area contributed by atoms with Crippen LogP contribution in [0.2, 0.25) is 0 Å². The van der Waals surface area contributed by atoms with E-state index in [0.29, 0.717) is 0 Å². The molecule has 0 saturated heterocycles. The number of rotatable bonds is 4. The summed E-state index contributed by atoms with van der Waals surface area (Å²) in [4.78, 5) is 9.73. The molecule has 0 rings (SSSR count). The van der Waals surface area contributed by atoms with E-state index >= 15 is 0 Å². The highest BCUT2D eigenvalue weighted by Crippen LogP contribution is 1.80. The van der Waals surface area contributed by atoms with Crippen molar-refractivity contribution < 1.29 is 17.7 Å². The molecule has 0 aliphatic rings. The average Bonchev–Trinajstić information content (AvgIpc) is 2.01. The molecule has 0 aromatic rings. The van der Waals surface area contributed by atoms with E-state index in [1.54, 1.807) is 13.0 Å². The number of primary amides is 1. The molecule has 0 aliphatic carbocycles. The first kappa shape index (κ1) is 14.8. The highest BCUT2D eigenvalue weighted by atomic mass is 32.2. The number of allylic oxidation sites excluding steroid dienone is 1. The fourth-order valence-corrected chi connectivity index (χ4v) is 0.618. The van der Waals surface area contributed by atoms with Crippen LogP contribution < -0.4 is 5.73 Å². The summed E-state index contributed by atoms with van der Waals surface area (Å²) in [6.45, 7) is 3.87. The Morgan fingerprint density at radius 3 is 2.31 bits per heavy atom. The Hall–Kier alpha value is -0.720. The third kappa shape index (κ3) is 24.6. The molecule has 5 nitrogen and oxygen atoms in total. The summed E-state index contributed by atoms with van der Waals surface area (Å²) in [6.07, 6.45) is 3.64. The molecular weight excluding hydrogens is 194 g/mol. The van der Waals surface area contributed by atoms with Crippen molar-refractivity contribution in [1.82, 2.24) is 0 Å². The summed E-state index contributed by atoms with van der Waals surface area (Å²) < 4.78 is 23.2. The van der Waals surface area contributed by atoms with E-state index < -0.39 is 17.3 Å². The van der Waals surface area contributed by atoms with Crippen molar-refractivity contribution in [1.29, 1.82) is 0 Å². The second-order valence-electron chi connectivity index (χ2n) is 1.93. The van der Waals surface area contributed by atoms with E-state index in [2.05, 4.69) is 9.92 Å². The summed E-state index contributed by atoms with van der Waals surface area (Å²) >= 11 is -2.32. The zero-order valence-corrected chi connectivity index (χ0v) is 8.50. The second-order valence-corrected chi connectivity index (χ2v) is 2.57. The zero-order valence-electron chi connectivity index (χ0n) is 7.69. The maximum atomic E-state index is 9.73. The Kier molecular flexibility index (Phi) is 12.8. The SMILES string of the molecule is CC=CC(N)=O.CCCOS(=O)[O-]. The van der Waals surface area contributed by atoms with Crippen molar-refractivity contribution in [2.45, 2.75) is 20.3 Å². The standard InChI is InChI=1S/C4H7NO.C3H8O3S/c1-2-3-4(5)6;1-2-3-6-7(4)5/h2-3H,1H3,(H2,5,6);2-3H2,1H3,(H,4,5)/p-1. The number of amides is 1. The molecule has 0 spiro atoms. The predicted molar refractivity (Wildman–Crippen MR) is 49.2 cm³/mol. The Labute approximate surface area is 80.4 Å². The molecule has 1 amide bonds. The van der Waals surface area contributed by atoms with Crippen LogP contribution in [0.1, 0.15) is 20.3 Å². The van der Waals surface area contributed by atoms with Crippen molar-refractivity contribution in [2.75, 3.05) is 6.61 Å². The lowest BCUT2D eigenvalue weighted by atomic mass is 10.5. The summed E-state index contributed by atoms with van der Waals surface area (Å²) in [5, 5.41) is 0. The van der Waals surface area contributed by atoms with Gasteiger partial charge in [0.2, 0.25) is 5.91 Å². The van der Waals surface area contributed by atoms with Crippen LogP contribution in [0.25, 0.3) is 0 Å². The molecule has 1 unspecified atom stereocenters. The van der Waals surface area contributed by atoms with Gasteiger partial charge in [-0.1, -0.05) is 13.0 Å². The maximum absolute atomic E-state index is 9.73. The van der Waals surface area contributed by atoms with E-state index in [-0.39, 0.29) is 6.61 Å². The Balaban J connectivity index is 0. The molecule has 2 N–H and O–H groups in total. The van der Waals surface area contributed by atoms with Gasteiger partial charge in [0, 0.05) is 0 Å². The molecule has 0 radical (unpaired) electrons. The summed E-state index contributed by atoms with van der Waals surface area (Å²) in [7, 11) is 0. The minimum absolute atomic E-state index is 0.288. The van der Waals surface area contributed by atoms with E-state index in [1.165, 1.54) is 6.08 Å². The summed E-state index contributed by atoms with van der Waals surface area (Å²) in [5.41, 5.74) is 4.68. The molecule has 0 heterocycles. The highest BCUT2D eigenvalue weighted by Gasteiger charge is 1.77. The van der Waals surface area contributed by atoms with Crippen molar-refractivity contribution in [3.05, 3.63) is 12.2 Å². The van der Waals surface area contributed by atoms with Gasteiger partial charge in [0.15, 0.2) is 0 Å². The fourth-order valence-electron chi connectivity index (χ4n) is 0.316. The first-order valence-electron chi connectivity index (χ1n) is 3.69. The van der Waals surface area contributed by atoms with Crippen LogP contribution in [0, 0.1) is 0 Å². The first-order chi connectivity index (χ1) is 6.04. The van der Waals surface area contributed by atoms with Gasteiger partial charge < -0.3 is 14.5 Å². The maximum Gasteiger partial charge on any atom is 0.241 e. The topological polar surface area (TPSA) is 92.5 Å². The van der Waals surface area contributed by atoms with Crippen LogP contribution in [-0.4, -0.2) is 21.3 Å². The lowest BCUT2D eigenvalue weighted by molar-refractivity contribution is -0.113. The number of carbonyl (C=O) groups excluding carboxylic acids is 1. The normalized spacial score (nSPS) is 11.9. The van der Waals surface area contributed by atoms with Gasteiger partial charge in [0.1, 0.15) is 0 Å². The lowest BCUT2D eigenvalue weighted by Gasteiger charge is -2.01. The molecule has 0 saturated carbocycles. The highest BCUT2D eigenvalue weighted by molar-refractivity contribution is 7.74. The lowest BCUT2D eigenvalue weighted by Crippen LogP contribution is -2.04. The van der Waals surface area contributed by atoms with Gasteiger partial charge in [-0.25, -0.2) is 4.21 Å². The fraction of sp³-hybridized carbons (Fsp3) is 0.571. The van der Waals surface area contributed by atoms with Crippen LogP contribution in [0.3, 0.4) is 0 Å². The van der Waals surface area contributed by atoms with Gasteiger partial charge in [-0.2, -0.15) is 0 Å². The number of nitrogens with two attached hydrogens (primary N) is 1. The van der Waals surface area contributed by atoms with Crippen molar-refractivity contribution in [3.8, 4) is 0 Å². The van der Waals surface area contributed by atoms with Gasteiger partial charge in [0.05, 0.1) is 18.0 Å². The second kappa shape index (κ2) is 11.3. The smallest absolute Gasteiger partial charge is 0.241 e. The van der Waals surface area contributed by atoms with Gasteiger partial charge in [-0.05, 0) is 19.4 Å². The molecule has 0 bridgehead atoms. The van der Waals surface area contributed by atoms with Crippen molar-refractivity contribution in [3.63, 3.8) is 0 Å². The molecule has 0 fully saturated rings. The number of hydrogen-bond donors (Lipinski definition) is 1. The number of carbonyl (C=O) groups is 1. The van der Waals surface area contributed by atoms with Crippen LogP contribution in [-0.2, 0) is 20.3 Å².